The lowest BCUT2D eigenvalue weighted by atomic mass is 9.90. The van der Waals surface area contributed by atoms with E-state index in [1.165, 1.54) is 38.1 Å². The zero-order chi connectivity index (χ0) is 33.5. The molecule has 4 amide bonds. The molecule has 1 fully saturated rings. The molecule has 6 atom stereocenters. The molecule has 242 valence electrons. The summed E-state index contributed by atoms with van der Waals surface area (Å²) >= 11 is 0. The average molecular weight is 631 g/mol. The third-order valence-corrected chi connectivity index (χ3v) is 7.06. The number of aromatic hydroxyl groups is 1. The number of aliphatic hydroxyl groups excluding tert-OH is 1. The number of carbonyl (C=O) groups excluding carboxylic acids is 4. The number of phenolic OH excluding ortho intramolecular Hbond substituents is 1. The smallest absolute Gasteiger partial charge is 0.255 e. The van der Waals surface area contributed by atoms with Crippen LogP contribution in [0.15, 0.2) is 59.7 Å². The number of halogens is 5. The van der Waals surface area contributed by atoms with Crippen LogP contribution in [-0.2, 0) is 14.4 Å². The molecular formula is C29H35F5N4O6. The van der Waals surface area contributed by atoms with Gasteiger partial charge in [0.2, 0.25) is 17.7 Å². The molecule has 10 nitrogen and oxygen atoms in total. The monoisotopic (exact) mass is 630 g/mol. The van der Waals surface area contributed by atoms with Crippen LogP contribution in [0.4, 0.5) is 22.0 Å². The number of amides is 4. The fourth-order valence-electron chi connectivity index (χ4n) is 4.39. The van der Waals surface area contributed by atoms with Crippen LogP contribution in [0.5, 0.6) is 5.75 Å². The van der Waals surface area contributed by atoms with Crippen LogP contribution in [0.25, 0.3) is 0 Å². The van der Waals surface area contributed by atoms with Gasteiger partial charge in [-0.15, -0.1) is 0 Å². The molecule has 0 radical (unpaired) electrons. The lowest BCUT2D eigenvalue weighted by Crippen LogP contribution is -2.64. The van der Waals surface area contributed by atoms with Crippen molar-refractivity contribution in [2.75, 3.05) is 6.67 Å². The van der Waals surface area contributed by atoms with Crippen LogP contribution in [-0.4, -0.2) is 70.8 Å². The highest BCUT2D eigenvalue weighted by atomic mass is 19.2. The third-order valence-electron chi connectivity index (χ3n) is 7.06. The number of alkyl halides is 1. The Morgan fingerprint density at radius 1 is 0.955 bits per heavy atom. The molecule has 44 heavy (non-hydrogen) atoms. The molecule has 1 aliphatic heterocycles. The van der Waals surface area contributed by atoms with E-state index in [0.717, 1.165) is 0 Å². The number of aliphatic hydroxyl groups is 1. The van der Waals surface area contributed by atoms with Crippen LogP contribution in [0.2, 0.25) is 0 Å². The normalized spacial score (nSPS) is 26.2. The van der Waals surface area contributed by atoms with E-state index in [2.05, 4.69) is 27.8 Å². The van der Waals surface area contributed by atoms with Gasteiger partial charge in [0.15, 0.2) is 23.3 Å². The fraction of sp³-hybridized carbons (Fsp3) is 0.448. The minimum absolute atomic E-state index is 0.245. The number of hydrogen-bond acceptors (Lipinski definition) is 6. The van der Waals surface area contributed by atoms with Crippen LogP contribution in [0, 0.1) is 11.8 Å². The molecule has 1 aromatic rings. The Balaban J connectivity index is 2.63. The number of para-hydroxylation sites is 1. The lowest BCUT2D eigenvalue weighted by molar-refractivity contribution is -0.136. The fourth-order valence-corrected chi connectivity index (χ4v) is 4.39. The van der Waals surface area contributed by atoms with Gasteiger partial charge in [-0.25, -0.2) is 22.0 Å². The predicted octanol–water partition coefficient (Wildman–Crippen LogP) is 2.85. The summed E-state index contributed by atoms with van der Waals surface area (Å²) in [5, 5.41) is 30.8. The summed E-state index contributed by atoms with van der Waals surface area (Å²) in [6.07, 6.45) is -2.98. The van der Waals surface area contributed by atoms with Gasteiger partial charge >= 0.3 is 0 Å². The maximum Gasteiger partial charge on any atom is 0.255 e. The maximum absolute atomic E-state index is 14.7. The molecule has 2 rings (SSSR count). The highest BCUT2D eigenvalue weighted by Crippen LogP contribution is 2.29. The maximum atomic E-state index is 14.7. The van der Waals surface area contributed by atoms with Crippen molar-refractivity contribution < 1.29 is 51.3 Å². The molecule has 0 bridgehead atoms. The molecule has 1 aromatic carbocycles. The van der Waals surface area contributed by atoms with Crippen molar-refractivity contribution >= 4 is 23.6 Å². The standard InChI is InChI=1S/C29H35F5N4O6/c1-12(2)23-28(43)35-15(5)24(38-27(42)17-8-6-7-9-19(17)39)29(44)36-18(25(40)13(3)26(41)37-23)10-16(11-30)21(33)22(34)20(32)14(4)31/h6-9,12-13,15,18,23-25,39-40H,4,10-11H2,1-3,5H3,(H,35,43)(H,36,44)(H,37,41)(H,38,42)/b21-16+,22-20-/t13-,15-,18+,23?,24+,25+/m1/s1. The predicted molar refractivity (Wildman–Crippen MR) is 149 cm³/mol. The molecule has 0 aliphatic carbocycles. The van der Waals surface area contributed by atoms with Crippen molar-refractivity contribution in [1.82, 2.24) is 21.3 Å². The lowest BCUT2D eigenvalue weighted by Gasteiger charge is -2.34. The van der Waals surface area contributed by atoms with E-state index in [0.29, 0.717) is 0 Å². The molecular weight excluding hydrogens is 595 g/mol. The first-order valence-corrected chi connectivity index (χ1v) is 13.5. The van der Waals surface area contributed by atoms with Crippen molar-refractivity contribution in [3.63, 3.8) is 0 Å². The first kappa shape index (κ1) is 35.9. The number of rotatable bonds is 8. The second-order valence-electron chi connectivity index (χ2n) is 10.7. The van der Waals surface area contributed by atoms with Crippen molar-refractivity contribution in [2.24, 2.45) is 11.8 Å². The molecule has 1 saturated heterocycles. The molecule has 1 heterocycles. The van der Waals surface area contributed by atoms with Gasteiger partial charge < -0.3 is 31.5 Å². The van der Waals surface area contributed by atoms with Crippen molar-refractivity contribution in [3.05, 3.63) is 65.3 Å². The Morgan fingerprint density at radius 2 is 1.57 bits per heavy atom. The van der Waals surface area contributed by atoms with Gasteiger partial charge in [0, 0.05) is 5.57 Å². The molecule has 1 aliphatic rings. The third kappa shape index (κ3) is 8.65. The van der Waals surface area contributed by atoms with E-state index in [9.17, 15) is 51.3 Å². The highest BCUT2D eigenvalue weighted by Gasteiger charge is 2.39. The summed E-state index contributed by atoms with van der Waals surface area (Å²) in [5.41, 5.74) is -1.38. The van der Waals surface area contributed by atoms with Crippen molar-refractivity contribution in [3.8, 4) is 5.75 Å². The molecule has 1 unspecified atom stereocenters. The van der Waals surface area contributed by atoms with E-state index in [1.807, 2.05) is 0 Å². The molecule has 0 aromatic heterocycles. The van der Waals surface area contributed by atoms with Crippen molar-refractivity contribution in [2.45, 2.75) is 64.4 Å². The Bertz CT molecular complexity index is 1350. The number of phenols is 1. The zero-order valence-electron chi connectivity index (χ0n) is 24.4. The minimum atomic E-state index is -2.41. The largest absolute Gasteiger partial charge is 0.507 e. The van der Waals surface area contributed by atoms with Gasteiger partial charge in [-0.05, 0) is 31.4 Å². The van der Waals surface area contributed by atoms with E-state index >= 15 is 0 Å². The second kappa shape index (κ2) is 15.5. The van der Waals surface area contributed by atoms with Gasteiger partial charge in [-0.2, -0.15) is 0 Å². The summed E-state index contributed by atoms with van der Waals surface area (Å²) in [4.78, 5) is 52.7. The highest BCUT2D eigenvalue weighted by molar-refractivity contribution is 6.00. The van der Waals surface area contributed by atoms with E-state index in [4.69, 9.17) is 0 Å². The summed E-state index contributed by atoms with van der Waals surface area (Å²) in [6.45, 7) is 6.44. The zero-order valence-corrected chi connectivity index (χ0v) is 24.4. The minimum Gasteiger partial charge on any atom is -0.507 e. The van der Waals surface area contributed by atoms with E-state index < -0.39 is 113 Å². The van der Waals surface area contributed by atoms with E-state index in [1.54, 1.807) is 13.8 Å². The van der Waals surface area contributed by atoms with Crippen molar-refractivity contribution in [1.29, 1.82) is 0 Å². The van der Waals surface area contributed by atoms with Gasteiger partial charge in [0.05, 0.1) is 29.7 Å². The van der Waals surface area contributed by atoms with Crippen LogP contribution in [0.3, 0.4) is 0 Å². The topological polar surface area (TPSA) is 157 Å². The summed E-state index contributed by atoms with van der Waals surface area (Å²) in [6, 6.07) is -0.508. The Hall–Kier alpha value is -4.27. The van der Waals surface area contributed by atoms with Crippen LogP contribution in [0.1, 0.15) is 44.5 Å². The van der Waals surface area contributed by atoms with E-state index in [-0.39, 0.29) is 5.56 Å². The average Bonchev–Trinajstić information content (AvgIpc) is 2.97. The molecule has 6 N–H and O–H groups in total. The first-order chi connectivity index (χ1) is 20.5. The number of carbonyl (C=O) groups is 4. The quantitative estimate of drug-likeness (QED) is 0.192. The number of nitrogens with one attached hydrogen (secondary N) is 4. The summed E-state index contributed by atoms with van der Waals surface area (Å²) < 4.78 is 69.6. The molecule has 0 saturated carbocycles. The molecule has 0 spiro atoms. The second-order valence-corrected chi connectivity index (χ2v) is 10.7. The number of hydrogen-bond donors (Lipinski definition) is 6. The Labute approximate surface area is 250 Å². The van der Waals surface area contributed by atoms with Gasteiger partial charge in [0.1, 0.15) is 24.5 Å². The molecule has 15 heteroatoms. The van der Waals surface area contributed by atoms with Crippen LogP contribution < -0.4 is 21.3 Å². The number of allylic oxidation sites excluding steroid dienone is 4. The summed E-state index contributed by atoms with van der Waals surface area (Å²) in [7, 11) is 0. The first-order valence-electron chi connectivity index (χ1n) is 13.5. The SMILES string of the molecule is C=C(F)/C(F)=C(F)\C(F)=C(/CF)C[C@@H]1NC(=O)[C@@H](NC(=O)c2ccccc2O)[C@@H](C)NC(=O)C(C(C)C)NC(=O)[C@H](C)[C@@H]1O. The summed E-state index contributed by atoms with van der Waals surface area (Å²) in [5.74, 6) is -15.0. The van der Waals surface area contributed by atoms with Gasteiger partial charge in [0.25, 0.3) is 5.91 Å². The van der Waals surface area contributed by atoms with Gasteiger partial charge in [-0.1, -0.05) is 39.5 Å². The van der Waals surface area contributed by atoms with Crippen LogP contribution >= 0.6 is 0 Å². The van der Waals surface area contributed by atoms with Gasteiger partial charge in [-0.3, -0.25) is 19.2 Å². The number of benzene rings is 1. The Morgan fingerprint density at radius 3 is 2.11 bits per heavy atom. The Kier molecular flexibility index (Phi) is 12.6.